The molecule has 11 heteroatoms. The Balaban J connectivity index is 2.33. The Hall–Kier alpha value is -0.910. The Labute approximate surface area is 108 Å². The third kappa shape index (κ3) is 5.72. The molecule has 1 saturated heterocycles. The van der Waals surface area contributed by atoms with Crippen LogP contribution in [0.1, 0.15) is 0 Å². The molecule has 0 aliphatic carbocycles. The topological polar surface area (TPSA) is 95.7 Å². The van der Waals surface area contributed by atoms with Crippen molar-refractivity contribution in [1.29, 1.82) is 0 Å². The fourth-order valence-electron chi connectivity index (χ4n) is 1.61. The molecule has 0 aromatic rings. The molecule has 1 fully saturated rings. The lowest BCUT2D eigenvalue weighted by Crippen LogP contribution is -2.53. The van der Waals surface area contributed by atoms with Crippen LogP contribution in [0.3, 0.4) is 0 Å². The van der Waals surface area contributed by atoms with Crippen molar-refractivity contribution < 1.29 is 26.4 Å². The number of nitrogens with two attached hydrogens (primary N) is 1. The standard InChI is InChI=1S/C8H15F3N4O3S/c9-8(10,11)6-13-5-7(16)14-1-3-15(4-2-14)19(12,17)18/h13H,1-6H2,(H2,12,17,18). The first kappa shape index (κ1) is 16.1. The van der Waals surface area contributed by atoms with Gasteiger partial charge in [0.1, 0.15) is 0 Å². The van der Waals surface area contributed by atoms with E-state index < -0.39 is 35.4 Å². The minimum Gasteiger partial charge on any atom is -0.339 e. The lowest BCUT2D eigenvalue weighted by Gasteiger charge is -2.33. The molecule has 0 bridgehead atoms. The summed E-state index contributed by atoms with van der Waals surface area (Å²) < 4.78 is 58.6. The zero-order chi connectivity index (χ0) is 14.7. The number of halogens is 3. The van der Waals surface area contributed by atoms with Crippen molar-refractivity contribution >= 4 is 16.1 Å². The summed E-state index contributed by atoms with van der Waals surface area (Å²) in [7, 11) is -3.78. The summed E-state index contributed by atoms with van der Waals surface area (Å²) in [5, 5.41) is 6.91. The number of carbonyl (C=O) groups is 1. The van der Waals surface area contributed by atoms with Crippen molar-refractivity contribution in [3.05, 3.63) is 0 Å². The quantitative estimate of drug-likeness (QED) is 0.660. The average Bonchev–Trinajstić information content (AvgIpc) is 2.26. The van der Waals surface area contributed by atoms with E-state index in [4.69, 9.17) is 5.14 Å². The maximum atomic E-state index is 11.9. The van der Waals surface area contributed by atoms with Gasteiger partial charge in [-0.1, -0.05) is 0 Å². The molecule has 112 valence electrons. The molecular formula is C8H15F3N4O3S. The van der Waals surface area contributed by atoms with Gasteiger partial charge in [0.15, 0.2) is 0 Å². The van der Waals surface area contributed by atoms with Gasteiger partial charge in [0, 0.05) is 26.2 Å². The zero-order valence-electron chi connectivity index (χ0n) is 9.98. The first-order valence-corrected chi connectivity index (χ1v) is 6.93. The van der Waals surface area contributed by atoms with Crippen LogP contribution in [-0.2, 0) is 15.0 Å². The molecule has 0 atom stereocenters. The van der Waals surface area contributed by atoms with Gasteiger partial charge in [0.25, 0.3) is 10.2 Å². The van der Waals surface area contributed by atoms with Crippen LogP contribution in [0.5, 0.6) is 0 Å². The maximum absolute atomic E-state index is 11.9. The Morgan fingerprint density at radius 3 is 2.16 bits per heavy atom. The number of hydrogen-bond donors (Lipinski definition) is 2. The lowest BCUT2D eigenvalue weighted by atomic mass is 10.3. The van der Waals surface area contributed by atoms with Gasteiger partial charge in [-0.3, -0.25) is 4.79 Å². The molecule has 0 unspecified atom stereocenters. The van der Waals surface area contributed by atoms with Crippen LogP contribution in [-0.4, -0.2) is 69.0 Å². The Kier molecular flexibility index (Phi) is 5.12. The van der Waals surface area contributed by atoms with Crippen LogP contribution in [0.25, 0.3) is 0 Å². The highest BCUT2D eigenvalue weighted by Crippen LogP contribution is 2.12. The molecule has 1 aliphatic heterocycles. The summed E-state index contributed by atoms with van der Waals surface area (Å²) >= 11 is 0. The van der Waals surface area contributed by atoms with E-state index in [9.17, 15) is 26.4 Å². The second kappa shape index (κ2) is 6.03. The first-order chi connectivity index (χ1) is 8.59. The van der Waals surface area contributed by atoms with Crippen LogP contribution < -0.4 is 10.5 Å². The molecule has 1 amide bonds. The number of amides is 1. The summed E-state index contributed by atoms with van der Waals surface area (Å²) in [6.45, 7) is -1.36. The predicted octanol–water partition coefficient (Wildman–Crippen LogP) is -1.51. The third-order valence-corrected chi connectivity index (χ3v) is 3.64. The smallest absolute Gasteiger partial charge is 0.339 e. The van der Waals surface area contributed by atoms with Crippen molar-refractivity contribution in [2.75, 3.05) is 39.3 Å². The average molecular weight is 304 g/mol. The molecular weight excluding hydrogens is 289 g/mol. The molecule has 0 aromatic heterocycles. The van der Waals surface area contributed by atoms with Crippen LogP contribution in [0.15, 0.2) is 0 Å². The van der Waals surface area contributed by atoms with E-state index in [-0.39, 0.29) is 26.2 Å². The van der Waals surface area contributed by atoms with E-state index in [1.807, 2.05) is 5.32 Å². The monoisotopic (exact) mass is 304 g/mol. The van der Waals surface area contributed by atoms with E-state index in [1.165, 1.54) is 4.90 Å². The fraction of sp³-hybridized carbons (Fsp3) is 0.875. The molecule has 7 nitrogen and oxygen atoms in total. The summed E-state index contributed by atoms with van der Waals surface area (Å²) in [6, 6.07) is 0. The van der Waals surface area contributed by atoms with Crippen molar-refractivity contribution in [2.45, 2.75) is 6.18 Å². The Morgan fingerprint density at radius 2 is 1.74 bits per heavy atom. The molecule has 1 heterocycles. The van der Waals surface area contributed by atoms with Crippen LogP contribution in [0.4, 0.5) is 13.2 Å². The number of nitrogens with zero attached hydrogens (tertiary/aromatic N) is 2. The number of piperazine rings is 1. The fourth-order valence-corrected chi connectivity index (χ4v) is 2.29. The van der Waals surface area contributed by atoms with Gasteiger partial charge >= 0.3 is 6.18 Å². The van der Waals surface area contributed by atoms with E-state index in [1.54, 1.807) is 0 Å². The van der Waals surface area contributed by atoms with Crippen LogP contribution in [0, 0.1) is 0 Å². The SMILES string of the molecule is NS(=O)(=O)N1CCN(C(=O)CNCC(F)(F)F)CC1. The zero-order valence-corrected chi connectivity index (χ0v) is 10.8. The summed E-state index contributed by atoms with van der Waals surface area (Å²) in [5.41, 5.74) is 0. The largest absolute Gasteiger partial charge is 0.401 e. The highest BCUT2D eigenvalue weighted by atomic mass is 32.2. The lowest BCUT2D eigenvalue weighted by molar-refractivity contribution is -0.135. The molecule has 1 aliphatic rings. The molecule has 0 radical (unpaired) electrons. The minimum absolute atomic E-state index is 0.0455. The number of alkyl halides is 3. The second-order valence-corrected chi connectivity index (χ2v) is 5.59. The van der Waals surface area contributed by atoms with Gasteiger partial charge in [-0.2, -0.15) is 25.9 Å². The van der Waals surface area contributed by atoms with E-state index in [0.29, 0.717) is 0 Å². The normalized spacial score (nSPS) is 18.6. The van der Waals surface area contributed by atoms with Crippen molar-refractivity contribution in [2.24, 2.45) is 5.14 Å². The number of hydrogen-bond acceptors (Lipinski definition) is 4. The number of rotatable bonds is 4. The van der Waals surface area contributed by atoms with E-state index in [2.05, 4.69) is 0 Å². The maximum Gasteiger partial charge on any atom is 0.401 e. The predicted molar refractivity (Wildman–Crippen MR) is 60.2 cm³/mol. The van der Waals surface area contributed by atoms with Crippen molar-refractivity contribution in [1.82, 2.24) is 14.5 Å². The van der Waals surface area contributed by atoms with Crippen molar-refractivity contribution in [3.63, 3.8) is 0 Å². The number of nitrogens with one attached hydrogen (secondary N) is 1. The highest BCUT2D eigenvalue weighted by Gasteiger charge is 2.29. The first-order valence-electron chi connectivity index (χ1n) is 5.43. The summed E-state index contributed by atoms with van der Waals surface area (Å²) in [5.74, 6) is -0.502. The number of carbonyl (C=O) groups excluding carboxylic acids is 1. The van der Waals surface area contributed by atoms with Gasteiger partial charge < -0.3 is 10.2 Å². The van der Waals surface area contributed by atoms with Crippen molar-refractivity contribution in [3.8, 4) is 0 Å². The molecule has 19 heavy (non-hydrogen) atoms. The molecule has 0 spiro atoms. The molecule has 0 aromatic carbocycles. The van der Waals surface area contributed by atoms with Crippen LogP contribution >= 0.6 is 0 Å². The van der Waals surface area contributed by atoms with E-state index in [0.717, 1.165) is 4.31 Å². The second-order valence-electron chi connectivity index (χ2n) is 4.04. The van der Waals surface area contributed by atoms with E-state index >= 15 is 0 Å². The van der Waals surface area contributed by atoms with Gasteiger partial charge in [-0.15, -0.1) is 0 Å². The minimum atomic E-state index is -4.37. The van der Waals surface area contributed by atoms with Gasteiger partial charge in [-0.25, -0.2) is 5.14 Å². The molecule has 0 saturated carbocycles. The van der Waals surface area contributed by atoms with Crippen LogP contribution in [0.2, 0.25) is 0 Å². The molecule has 3 N–H and O–H groups in total. The van der Waals surface area contributed by atoms with Gasteiger partial charge in [0.2, 0.25) is 5.91 Å². The summed E-state index contributed by atoms with van der Waals surface area (Å²) in [6.07, 6.45) is -4.37. The Morgan fingerprint density at radius 1 is 1.21 bits per heavy atom. The highest BCUT2D eigenvalue weighted by molar-refractivity contribution is 7.86. The van der Waals surface area contributed by atoms with Gasteiger partial charge in [0.05, 0.1) is 13.1 Å². The van der Waals surface area contributed by atoms with Gasteiger partial charge in [-0.05, 0) is 0 Å². The molecule has 1 rings (SSSR count). The summed E-state index contributed by atoms with van der Waals surface area (Å²) in [4.78, 5) is 12.8. The third-order valence-electron chi connectivity index (χ3n) is 2.55. The Bertz CT molecular complexity index is 417.